The van der Waals surface area contributed by atoms with Gasteiger partial charge in [-0.25, -0.2) is 0 Å². The second-order valence-electron chi connectivity index (χ2n) is 5.54. The molecule has 0 aromatic heterocycles. The quantitative estimate of drug-likeness (QED) is 0.706. The van der Waals surface area contributed by atoms with Crippen molar-refractivity contribution in [3.8, 4) is 0 Å². The van der Waals surface area contributed by atoms with Crippen LogP contribution in [-0.2, 0) is 11.3 Å². The average Bonchev–Trinajstić information content (AvgIpc) is 3.29. The topological polar surface area (TPSA) is 78.4 Å². The summed E-state index contributed by atoms with van der Waals surface area (Å²) in [5.74, 6) is 0.333. The minimum atomic E-state index is -0.105. The number of rotatable bonds is 7. The van der Waals surface area contributed by atoms with Crippen LogP contribution in [0.3, 0.4) is 0 Å². The number of hydrogen-bond donors (Lipinski definition) is 3. The molecule has 1 saturated carbocycles. The first-order valence-corrected chi connectivity index (χ1v) is 7.35. The predicted octanol–water partition coefficient (Wildman–Crippen LogP) is 1.21. The Bertz CT molecular complexity index is 495. The van der Waals surface area contributed by atoms with Crippen LogP contribution in [-0.4, -0.2) is 29.6 Å². The fourth-order valence-electron chi connectivity index (χ4n) is 2.32. The van der Waals surface area contributed by atoms with Crippen molar-refractivity contribution in [3.63, 3.8) is 0 Å². The molecule has 5 heteroatoms. The van der Waals surface area contributed by atoms with E-state index in [1.165, 1.54) is 6.92 Å². The maximum absolute atomic E-state index is 12.2. The van der Waals surface area contributed by atoms with E-state index in [2.05, 4.69) is 10.6 Å². The van der Waals surface area contributed by atoms with Crippen molar-refractivity contribution in [1.29, 1.82) is 0 Å². The maximum Gasteiger partial charge on any atom is 0.251 e. The molecule has 0 spiro atoms. The van der Waals surface area contributed by atoms with Crippen LogP contribution in [0, 0.1) is 5.92 Å². The van der Waals surface area contributed by atoms with Crippen LogP contribution < -0.4 is 10.6 Å². The fraction of sp³-hybridized carbons (Fsp3) is 0.500. The van der Waals surface area contributed by atoms with E-state index in [0.29, 0.717) is 24.4 Å². The van der Waals surface area contributed by atoms with Crippen LogP contribution in [0.25, 0.3) is 0 Å². The molecule has 0 saturated heterocycles. The molecule has 0 bridgehead atoms. The van der Waals surface area contributed by atoms with E-state index in [4.69, 9.17) is 5.11 Å². The summed E-state index contributed by atoms with van der Waals surface area (Å²) in [6.45, 7) is 2.03. The molecular weight excluding hydrogens is 268 g/mol. The molecule has 1 aromatic rings. The van der Waals surface area contributed by atoms with Crippen LogP contribution in [0.15, 0.2) is 24.3 Å². The van der Waals surface area contributed by atoms with Gasteiger partial charge in [0.15, 0.2) is 0 Å². The highest BCUT2D eigenvalue weighted by Gasteiger charge is 2.31. The van der Waals surface area contributed by atoms with Crippen LogP contribution in [0.5, 0.6) is 0 Å². The molecule has 1 aliphatic carbocycles. The minimum Gasteiger partial charge on any atom is -0.396 e. The lowest BCUT2D eigenvalue weighted by molar-refractivity contribution is -0.119. The lowest BCUT2D eigenvalue weighted by Gasteiger charge is -2.17. The highest BCUT2D eigenvalue weighted by atomic mass is 16.3. The summed E-state index contributed by atoms with van der Waals surface area (Å²) >= 11 is 0. The third-order valence-electron chi connectivity index (χ3n) is 3.71. The lowest BCUT2D eigenvalue weighted by atomic mass is 10.1. The Balaban J connectivity index is 1.91. The normalized spacial score (nSPS) is 15.3. The van der Waals surface area contributed by atoms with Crippen molar-refractivity contribution in [2.45, 2.75) is 38.8 Å². The minimum absolute atomic E-state index is 0.0709. The van der Waals surface area contributed by atoms with Crippen molar-refractivity contribution in [2.75, 3.05) is 6.61 Å². The standard InChI is InChI=1S/C16H22N2O3/c1-11(20)17-10-12-2-4-14(5-3-12)16(21)18-15(8-9-19)13-6-7-13/h2-5,13,15,19H,6-10H2,1H3,(H,17,20)(H,18,21). The Morgan fingerprint density at radius 3 is 2.48 bits per heavy atom. The van der Waals surface area contributed by atoms with Crippen LogP contribution >= 0.6 is 0 Å². The monoisotopic (exact) mass is 290 g/mol. The van der Waals surface area contributed by atoms with E-state index in [-0.39, 0.29) is 24.5 Å². The van der Waals surface area contributed by atoms with Crippen LogP contribution in [0.4, 0.5) is 0 Å². The number of carbonyl (C=O) groups is 2. The summed E-state index contributed by atoms with van der Waals surface area (Å²) < 4.78 is 0. The number of aliphatic hydroxyl groups excluding tert-OH is 1. The van der Waals surface area contributed by atoms with Gasteiger partial charge in [-0.05, 0) is 42.9 Å². The maximum atomic E-state index is 12.2. The van der Waals surface area contributed by atoms with Gasteiger partial charge in [0.05, 0.1) is 0 Å². The molecule has 1 aromatic carbocycles. The molecule has 0 heterocycles. The second-order valence-corrected chi connectivity index (χ2v) is 5.54. The summed E-state index contributed by atoms with van der Waals surface area (Å²) in [7, 11) is 0. The molecule has 2 rings (SSSR count). The zero-order valence-corrected chi connectivity index (χ0v) is 12.3. The molecule has 0 radical (unpaired) electrons. The van der Waals surface area contributed by atoms with E-state index >= 15 is 0 Å². The van der Waals surface area contributed by atoms with E-state index in [1.54, 1.807) is 12.1 Å². The third-order valence-corrected chi connectivity index (χ3v) is 3.71. The number of aliphatic hydroxyl groups is 1. The fourth-order valence-corrected chi connectivity index (χ4v) is 2.32. The molecule has 1 unspecified atom stereocenters. The number of amides is 2. The van der Waals surface area contributed by atoms with Gasteiger partial charge in [-0.15, -0.1) is 0 Å². The van der Waals surface area contributed by atoms with E-state index in [9.17, 15) is 9.59 Å². The van der Waals surface area contributed by atoms with Crippen LogP contribution in [0.2, 0.25) is 0 Å². The second kappa shape index (κ2) is 7.22. The van der Waals surface area contributed by atoms with E-state index in [0.717, 1.165) is 18.4 Å². The first-order valence-electron chi connectivity index (χ1n) is 7.35. The van der Waals surface area contributed by atoms with Crippen molar-refractivity contribution in [1.82, 2.24) is 10.6 Å². The largest absolute Gasteiger partial charge is 0.396 e. The number of carbonyl (C=O) groups excluding carboxylic acids is 2. The summed E-state index contributed by atoms with van der Waals surface area (Å²) in [4.78, 5) is 23.0. The van der Waals surface area contributed by atoms with Crippen LogP contribution in [0.1, 0.15) is 42.1 Å². The SMILES string of the molecule is CC(=O)NCc1ccc(C(=O)NC(CCO)C2CC2)cc1. The Kier molecular flexibility index (Phi) is 5.33. The summed E-state index contributed by atoms with van der Waals surface area (Å²) in [6.07, 6.45) is 2.86. The van der Waals surface area contributed by atoms with Gasteiger partial charge in [0.25, 0.3) is 5.91 Å². The Labute approximate surface area is 124 Å². The highest BCUT2D eigenvalue weighted by molar-refractivity contribution is 5.94. The van der Waals surface area contributed by atoms with Gasteiger partial charge in [0, 0.05) is 31.7 Å². The Morgan fingerprint density at radius 2 is 1.95 bits per heavy atom. The molecule has 21 heavy (non-hydrogen) atoms. The molecule has 2 amide bonds. The van der Waals surface area contributed by atoms with Gasteiger partial charge in [-0.3, -0.25) is 9.59 Å². The van der Waals surface area contributed by atoms with Gasteiger partial charge in [-0.1, -0.05) is 12.1 Å². The molecule has 0 aliphatic heterocycles. The third kappa shape index (κ3) is 4.86. The Hall–Kier alpha value is -1.88. The van der Waals surface area contributed by atoms with Gasteiger partial charge in [0.1, 0.15) is 0 Å². The molecule has 3 N–H and O–H groups in total. The zero-order chi connectivity index (χ0) is 15.2. The number of nitrogens with one attached hydrogen (secondary N) is 2. The first kappa shape index (κ1) is 15.5. The number of hydrogen-bond acceptors (Lipinski definition) is 3. The molecule has 114 valence electrons. The van der Waals surface area contributed by atoms with Crippen molar-refractivity contribution in [3.05, 3.63) is 35.4 Å². The molecular formula is C16H22N2O3. The zero-order valence-electron chi connectivity index (χ0n) is 12.3. The predicted molar refractivity (Wildman–Crippen MR) is 79.6 cm³/mol. The molecule has 1 atom stereocenters. The highest BCUT2D eigenvalue weighted by Crippen LogP contribution is 2.34. The van der Waals surface area contributed by atoms with E-state index < -0.39 is 0 Å². The molecule has 1 aliphatic rings. The lowest BCUT2D eigenvalue weighted by Crippen LogP contribution is -2.37. The van der Waals surface area contributed by atoms with Gasteiger partial charge in [-0.2, -0.15) is 0 Å². The van der Waals surface area contributed by atoms with Gasteiger partial charge in [0.2, 0.25) is 5.91 Å². The first-order chi connectivity index (χ1) is 10.1. The molecule has 1 fully saturated rings. The Morgan fingerprint density at radius 1 is 1.29 bits per heavy atom. The summed E-state index contributed by atoms with van der Waals surface area (Å²) in [5, 5.41) is 14.8. The van der Waals surface area contributed by atoms with Crippen molar-refractivity contribution in [2.24, 2.45) is 5.92 Å². The van der Waals surface area contributed by atoms with Gasteiger partial charge < -0.3 is 15.7 Å². The van der Waals surface area contributed by atoms with Gasteiger partial charge >= 0.3 is 0 Å². The number of benzene rings is 1. The smallest absolute Gasteiger partial charge is 0.251 e. The summed E-state index contributed by atoms with van der Waals surface area (Å²) in [5.41, 5.74) is 1.56. The van der Waals surface area contributed by atoms with Crippen molar-refractivity contribution >= 4 is 11.8 Å². The van der Waals surface area contributed by atoms with E-state index in [1.807, 2.05) is 12.1 Å². The van der Waals surface area contributed by atoms with Crippen molar-refractivity contribution < 1.29 is 14.7 Å². The molecule has 5 nitrogen and oxygen atoms in total. The average molecular weight is 290 g/mol. The summed E-state index contributed by atoms with van der Waals surface area (Å²) in [6, 6.07) is 7.26.